The van der Waals surface area contributed by atoms with Gasteiger partial charge in [-0.05, 0) is 51.7 Å². The Bertz CT molecular complexity index is 437. The number of carbonyl (C=O) groups is 1. The van der Waals surface area contributed by atoms with E-state index in [1.807, 2.05) is 27.7 Å². The van der Waals surface area contributed by atoms with E-state index in [9.17, 15) is 4.79 Å². The van der Waals surface area contributed by atoms with Gasteiger partial charge in [-0.15, -0.1) is 0 Å². The molecule has 0 spiro atoms. The minimum absolute atomic E-state index is 0.177. The molecular formula is C16H23NO2. The first-order chi connectivity index (χ1) is 8.85. The molecule has 0 radical (unpaired) electrons. The molecule has 0 saturated carbocycles. The van der Waals surface area contributed by atoms with Crippen LogP contribution in [0, 0.1) is 0 Å². The molecule has 0 bridgehead atoms. The van der Waals surface area contributed by atoms with Crippen molar-refractivity contribution >= 4 is 5.97 Å². The second-order valence-corrected chi connectivity index (χ2v) is 6.30. The molecule has 0 aromatic heterocycles. The first kappa shape index (κ1) is 14.1. The lowest BCUT2D eigenvalue weighted by atomic mass is 10.1. The molecular weight excluding hydrogens is 238 g/mol. The standard InChI is InChI=1S/C16H23NO2/c1-11(15(18)19-16(2,3)4)17-14-9-12-7-5-6-8-13(12)10-14/h5-8,11,14,17H,9-10H2,1-4H3. The van der Waals surface area contributed by atoms with E-state index in [4.69, 9.17) is 4.74 Å². The van der Waals surface area contributed by atoms with E-state index in [2.05, 4.69) is 29.6 Å². The molecule has 0 amide bonds. The number of rotatable bonds is 3. The van der Waals surface area contributed by atoms with Gasteiger partial charge in [0, 0.05) is 6.04 Å². The van der Waals surface area contributed by atoms with E-state index < -0.39 is 5.60 Å². The Balaban J connectivity index is 1.88. The van der Waals surface area contributed by atoms with Crippen molar-refractivity contribution in [2.45, 2.75) is 58.2 Å². The summed E-state index contributed by atoms with van der Waals surface area (Å²) in [5, 5.41) is 3.37. The average Bonchev–Trinajstić information content (AvgIpc) is 2.68. The van der Waals surface area contributed by atoms with Crippen molar-refractivity contribution < 1.29 is 9.53 Å². The molecule has 0 fully saturated rings. The number of hydrogen-bond acceptors (Lipinski definition) is 3. The van der Waals surface area contributed by atoms with Gasteiger partial charge in [-0.3, -0.25) is 4.79 Å². The van der Waals surface area contributed by atoms with Gasteiger partial charge >= 0.3 is 5.97 Å². The number of carbonyl (C=O) groups excluding carboxylic acids is 1. The van der Waals surface area contributed by atoms with Gasteiger partial charge in [0.05, 0.1) is 0 Å². The van der Waals surface area contributed by atoms with Gasteiger partial charge in [-0.2, -0.15) is 0 Å². The van der Waals surface area contributed by atoms with E-state index in [-0.39, 0.29) is 12.0 Å². The van der Waals surface area contributed by atoms with Crippen molar-refractivity contribution in [2.75, 3.05) is 0 Å². The van der Waals surface area contributed by atoms with Crippen LogP contribution in [0.3, 0.4) is 0 Å². The lowest BCUT2D eigenvalue weighted by molar-refractivity contribution is -0.157. The summed E-state index contributed by atoms with van der Waals surface area (Å²) < 4.78 is 5.39. The van der Waals surface area contributed by atoms with Crippen LogP contribution in [0.15, 0.2) is 24.3 Å². The monoisotopic (exact) mass is 261 g/mol. The number of ether oxygens (including phenoxy) is 1. The summed E-state index contributed by atoms with van der Waals surface area (Å²) in [4.78, 5) is 11.9. The first-order valence-corrected chi connectivity index (χ1v) is 6.91. The van der Waals surface area contributed by atoms with Crippen LogP contribution in [0.1, 0.15) is 38.8 Å². The molecule has 2 rings (SSSR count). The van der Waals surface area contributed by atoms with Gasteiger partial charge in [0.15, 0.2) is 0 Å². The third-order valence-corrected chi connectivity index (χ3v) is 3.30. The molecule has 19 heavy (non-hydrogen) atoms. The SMILES string of the molecule is CC(NC1Cc2ccccc2C1)C(=O)OC(C)(C)C. The number of esters is 1. The third-order valence-electron chi connectivity index (χ3n) is 3.30. The predicted octanol–water partition coefficient (Wildman–Crippen LogP) is 2.47. The minimum Gasteiger partial charge on any atom is -0.459 e. The van der Waals surface area contributed by atoms with Gasteiger partial charge < -0.3 is 10.1 Å². The molecule has 0 heterocycles. The molecule has 3 heteroatoms. The summed E-state index contributed by atoms with van der Waals surface area (Å²) in [6, 6.07) is 8.53. The quantitative estimate of drug-likeness (QED) is 0.850. The normalized spacial score (nSPS) is 17.1. The van der Waals surface area contributed by atoms with Crippen LogP contribution in [0.5, 0.6) is 0 Å². The molecule has 0 aliphatic heterocycles. The third kappa shape index (κ3) is 3.80. The van der Waals surface area contributed by atoms with Gasteiger partial charge in [0.25, 0.3) is 0 Å². The maximum Gasteiger partial charge on any atom is 0.323 e. The Hall–Kier alpha value is -1.35. The largest absolute Gasteiger partial charge is 0.459 e. The maximum absolute atomic E-state index is 11.9. The van der Waals surface area contributed by atoms with Crippen molar-refractivity contribution in [3.05, 3.63) is 35.4 Å². The Labute approximate surface area is 115 Å². The lowest BCUT2D eigenvalue weighted by Crippen LogP contribution is -2.44. The molecule has 1 unspecified atom stereocenters. The first-order valence-electron chi connectivity index (χ1n) is 6.91. The Morgan fingerprint density at radius 2 is 1.79 bits per heavy atom. The summed E-state index contributed by atoms with van der Waals surface area (Å²) in [6.45, 7) is 7.55. The van der Waals surface area contributed by atoms with Crippen LogP contribution >= 0.6 is 0 Å². The van der Waals surface area contributed by atoms with E-state index in [1.54, 1.807) is 0 Å². The number of nitrogens with one attached hydrogen (secondary N) is 1. The zero-order valence-electron chi connectivity index (χ0n) is 12.2. The molecule has 0 saturated heterocycles. The molecule has 1 atom stereocenters. The van der Waals surface area contributed by atoms with E-state index >= 15 is 0 Å². The zero-order valence-corrected chi connectivity index (χ0v) is 12.2. The van der Waals surface area contributed by atoms with Crippen molar-refractivity contribution in [1.82, 2.24) is 5.32 Å². The van der Waals surface area contributed by atoms with Crippen LogP contribution in [0.4, 0.5) is 0 Å². The molecule has 104 valence electrons. The highest BCUT2D eigenvalue weighted by Crippen LogP contribution is 2.22. The fraction of sp³-hybridized carbons (Fsp3) is 0.562. The number of hydrogen-bond donors (Lipinski definition) is 1. The molecule has 1 N–H and O–H groups in total. The number of fused-ring (bicyclic) bond motifs is 1. The molecule has 1 aliphatic rings. The van der Waals surface area contributed by atoms with Crippen LogP contribution in [-0.4, -0.2) is 23.7 Å². The van der Waals surface area contributed by atoms with E-state index in [1.165, 1.54) is 11.1 Å². The fourth-order valence-corrected chi connectivity index (χ4v) is 2.49. The van der Waals surface area contributed by atoms with Gasteiger partial charge in [0.2, 0.25) is 0 Å². The van der Waals surface area contributed by atoms with Crippen LogP contribution in [-0.2, 0) is 22.4 Å². The van der Waals surface area contributed by atoms with Crippen molar-refractivity contribution in [1.29, 1.82) is 0 Å². The second-order valence-electron chi connectivity index (χ2n) is 6.30. The van der Waals surface area contributed by atoms with Crippen molar-refractivity contribution in [3.63, 3.8) is 0 Å². The Morgan fingerprint density at radius 3 is 2.26 bits per heavy atom. The topological polar surface area (TPSA) is 38.3 Å². The fourth-order valence-electron chi connectivity index (χ4n) is 2.49. The highest BCUT2D eigenvalue weighted by Gasteiger charge is 2.27. The number of benzene rings is 1. The van der Waals surface area contributed by atoms with E-state index in [0.29, 0.717) is 6.04 Å². The Kier molecular flexibility index (Phi) is 3.95. The van der Waals surface area contributed by atoms with Crippen LogP contribution in [0.2, 0.25) is 0 Å². The summed E-state index contributed by atoms with van der Waals surface area (Å²) in [6.07, 6.45) is 1.98. The smallest absolute Gasteiger partial charge is 0.323 e. The minimum atomic E-state index is -0.425. The van der Waals surface area contributed by atoms with Crippen LogP contribution < -0.4 is 5.32 Å². The molecule has 1 aromatic carbocycles. The molecule has 3 nitrogen and oxygen atoms in total. The predicted molar refractivity (Wildman–Crippen MR) is 76.1 cm³/mol. The van der Waals surface area contributed by atoms with Crippen LogP contribution in [0.25, 0.3) is 0 Å². The van der Waals surface area contributed by atoms with Crippen molar-refractivity contribution in [3.8, 4) is 0 Å². The molecule has 1 aliphatic carbocycles. The highest BCUT2D eigenvalue weighted by atomic mass is 16.6. The van der Waals surface area contributed by atoms with Gasteiger partial charge in [0.1, 0.15) is 11.6 Å². The molecule has 1 aromatic rings. The average molecular weight is 261 g/mol. The van der Waals surface area contributed by atoms with Crippen molar-refractivity contribution in [2.24, 2.45) is 0 Å². The summed E-state index contributed by atoms with van der Waals surface area (Å²) in [7, 11) is 0. The summed E-state index contributed by atoms with van der Waals surface area (Å²) >= 11 is 0. The highest BCUT2D eigenvalue weighted by molar-refractivity contribution is 5.75. The Morgan fingerprint density at radius 1 is 1.26 bits per heavy atom. The zero-order chi connectivity index (χ0) is 14.0. The van der Waals surface area contributed by atoms with E-state index in [0.717, 1.165) is 12.8 Å². The second kappa shape index (κ2) is 5.33. The summed E-state index contributed by atoms with van der Waals surface area (Å²) in [5.41, 5.74) is 2.35. The van der Waals surface area contributed by atoms with Gasteiger partial charge in [-0.25, -0.2) is 0 Å². The lowest BCUT2D eigenvalue weighted by Gasteiger charge is -2.24. The maximum atomic E-state index is 11.9. The summed E-state index contributed by atoms with van der Waals surface area (Å²) in [5.74, 6) is -0.177. The van der Waals surface area contributed by atoms with Gasteiger partial charge in [-0.1, -0.05) is 24.3 Å².